The fourth-order valence-electron chi connectivity index (χ4n) is 2.77. The minimum atomic E-state index is 0.652. The summed E-state index contributed by atoms with van der Waals surface area (Å²) in [6.07, 6.45) is 10.0. The van der Waals surface area contributed by atoms with Crippen LogP contribution in [0.5, 0.6) is 0 Å². The van der Waals surface area contributed by atoms with Crippen molar-refractivity contribution in [2.75, 3.05) is 12.3 Å². The summed E-state index contributed by atoms with van der Waals surface area (Å²) in [7, 11) is 0. The van der Waals surface area contributed by atoms with Crippen molar-refractivity contribution in [3.8, 4) is 0 Å². The molecule has 0 aromatic carbocycles. The summed E-state index contributed by atoms with van der Waals surface area (Å²) in [5, 5.41) is 13.4. The van der Waals surface area contributed by atoms with Gasteiger partial charge in [-0.15, -0.1) is 10.2 Å². The number of rotatable bonds is 9. The minimum absolute atomic E-state index is 0.652. The van der Waals surface area contributed by atoms with Crippen molar-refractivity contribution in [3.63, 3.8) is 0 Å². The van der Waals surface area contributed by atoms with Crippen molar-refractivity contribution in [2.24, 2.45) is 0 Å². The van der Waals surface area contributed by atoms with Gasteiger partial charge in [0.25, 0.3) is 0 Å². The molecule has 1 unspecified atom stereocenters. The van der Waals surface area contributed by atoms with Crippen LogP contribution in [0, 0.1) is 0 Å². The molecule has 0 spiro atoms. The van der Waals surface area contributed by atoms with E-state index in [1.807, 2.05) is 11.8 Å². The van der Waals surface area contributed by atoms with E-state index in [4.69, 9.17) is 0 Å². The lowest BCUT2D eigenvalue weighted by atomic mass is 10.1. The molecule has 1 aromatic heterocycles. The molecule has 0 bridgehead atoms. The second-order valence-corrected chi connectivity index (χ2v) is 7.12. The number of nitrogens with zero attached hydrogens (tertiary/aromatic N) is 3. The zero-order valence-electron chi connectivity index (χ0n) is 13.6. The fourth-order valence-corrected chi connectivity index (χ4v) is 3.76. The zero-order chi connectivity index (χ0) is 14.9. The van der Waals surface area contributed by atoms with E-state index in [0.717, 1.165) is 24.7 Å². The normalized spacial score (nSPS) is 16.5. The van der Waals surface area contributed by atoms with Gasteiger partial charge in [-0.3, -0.25) is 0 Å². The fraction of sp³-hybridized carbons (Fsp3) is 0.875. The lowest BCUT2D eigenvalue weighted by molar-refractivity contribution is 0.496. The van der Waals surface area contributed by atoms with Crippen LogP contribution in [0.4, 0.5) is 0 Å². The average Bonchev–Trinajstić information content (AvgIpc) is 2.72. The predicted molar refractivity (Wildman–Crippen MR) is 89.9 cm³/mol. The molecule has 21 heavy (non-hydrogen) atoms. The topological polar surface area (TPSA) is 42.7 Å². The monoisotopic (exact) mass is 310 g/mol. The first-order valence-electron chi connectivity index (χ1n) is 8.59. The molecule has 120 valence electrons. The molecule has 1 N–H and O–H groups in total. The summed E-state index contributed by atoms with van der Waals surface area (Å²) in [4.78, 5) is 0. The van der Waals surface area contributed by atoms with Gasteiger partial charge < -0.3 is 9.88 Å². The molecule has 0 fully saturated rings. The number of fused-ring (bicyclic) bond motifs is 1. The summed E-state index contributed by atoms with van der Waals surface area (Å²) in [5.74, 6) is 2.37. The van der Waals surface area contributed by atoms with Gasteiger partial charge in [0.05, 0.1) is 0 Å². The number of thioether (sulfide) groups is 1. The maximum atomic E-state index is 4.38. The van der Waals surface area contributed by atoms with Gasteiger partial charge in [-0.05, 0) is 45.6 Å². The Labute approximate surface area is 133 Å². The molecule has 4 nitrogen and oxygen atoms in total. The van der Waals surface area contributed by atoms with Gasteiger partial charge in [0.2, 0.25) is 0 Å². The lowest BCUT2D eigenvalue weighted by Crippen LogP contribution is -2.26. The van der Waals surface area contributed by atoms with Gasteiger partial charge in [-0.1, -0.05) is 31.5 Å². The first-order valence-corrected chi connectivity index (χ1v) is 9.58. The molecule has 2 heterocycles. The highest BCUT2D eigenvalue weighted by molar-refractivity contribution is 7.99. The maximum absolute atomic E-state index is 4.38. The van der Waals surface area contributed by atoms with Crippen LogP contribution >= 0.6 is 11.8 Å². The second kappa shape index (κ2) is 9.46. The van der Waals surface area contributed by atoms with Crippen LogP contribution in [0.2, 0.25) is 0 Å². The van der Waals surface area contributed by atoms with E-state index in [9.17, 15) is 0 Å². The van der Waals surface area contributed by atoms with Crippen LogP contribution in [0.3, 0.4) is 0 Å². The van der Waals surface area contributed by atoms with E-state index in [2.05, 4.69) is 33.9 Å². The molecule has 1 aliphatic rings. The molecule has 1 aliphatic heterocycles. The first-order chi connectivity index (χ1) is 10.3. The van der Waals surface area contributed by atoms with E-state index in [1.54, 1.807) is 0 Å². The van der Waals surface area contributed by atoms with E-state index >= 15 is 0 Å². The van der Waals surface area contributed by atoms with Crippen LogP contribution in [0.1, 0.15) is 64.6 Å². The quantitative estimate of drug-likeness (QED) is 0.558. The highest BCUT2D eigenvalue weighted by Gasteiger charge is 2.14. The van der Waals surface area contributed by atoms with Gasteiger partial charge in [-0.2, -0.15) is 0 Å². The van der Waals surface area contributed by atoms with Crippen molar-refractivity contribution in [2.45, 2.75) is 83.0 Å². The van der Waals surface area contributed by atoms with Crippen molar-refractivity contribution in [3.05, 3.63) is 5.82 Å². The van der Waals surface area contributed by atoms with Crippen molar-refractivity contribution >= 4 is 11.8 Å². The highest BCUT2D eigenvalue weighted by Crippen LogP contribution is 2.22. The number of hydrogen-bond acceptors (Lipinski definition) is 4. The van der Waals surface area contributed by atoms with E-state index in [0.29, 0.717) is 6.04 Å². The molecule has 0 radical (unpaired) electrons. The van der Waals surface area contributed by atoms with Crippen LogP contribution in [-0.2, 0) is 13.0 Å². The Kier molecular flexibility index (Phi) is 7.58. The number of aryl methyl sites for hydroxylation is 1. The summed E-state index contributed by atoms with van der Waals surface area (Å²) in [5.41, 5.74) is 0. The van der Waals surface area contributed by atoms with Crippen molar-refractivity contribution < 1.29 is 0 Å². The Bertz CT molecular complexity index is 405. The largest absolute Gasteiger partial charge is 0.314 e. The molecule has 2 rings (SSSR count). The standard InChI is InChI=1S/C16H30N4S/c1-3-11-17-14(2)9-6-8-13-21-16-19-18-15-10-5-4-7-12-20(15)16/h14,17H,3-13H2,1-2H3. The average molecular weight is 311 g/mol. The van der Waals surface area contributed by atoms with Gasteiger partial charge in [0, 0.05) is 24.8 Å². The summed E-state index contributed by atoms with van der Waals surface area (Å²) >= 11 is 1.89. The first kappa shape index (κ1) is 16.8. The number of aromatic nitrogens is 3. The molecular weight excluding hydrogens is 280 g/mol. The Balaban J connectivity index is 1.64. The van der Waals surface area contributed by atoms with Gasteiger partial charge >= 0.3 is 0 Å². The minimum Gasteiger partial charge on any atom is -0.314 e. The molecule has 0 aliphatic carbocycles. The van der Waals surface area contributed by atoms with Gasteiger partial charge in [-0.25, -0.2) is 0 Å². The number of nitrogens with one attached hydrogen (secondary N) is 1. The SMILES string of the molecule is CCCNC(C)CCCCSc1nnc2n1CCCCC2. The molecule has 5 heteroatoms. The van der Waals surface area contributed by atoms with Gasteiger partial charge in [0.1, 0.15) is 5.82 Å². The van der Waals surface area contributed by atoms with Gasteiger partial charge in [0.15, 0.2) is 5.16 Å². The molecular formula is C16H30N4S. The Hall–Kier alpha value is -0.550. The third kappa shape index (κ3) is 5.62. The lowest BCUT2D eigenvalue weighted by Gasteiger charge is -2.12. The van der Waals surface area contributed by atoms with E-state index in [-0.39, 0.29) is 0 Å². The van der Waals surface area contributed by atoms with E-state index < -0.39 is 0 Å². The van der Waals surface area contributed by atoms with Crippen molar-refractivity contribution in [1.82, 2.24) is 20.1 Å². The summed E-state index contributed by atoms with van der Waals surface area (Å²) < 4.78 is 2.35. The maximum Gasteiger partial charge on any atom is 0.191 e. The van der Waals surface area contributed by atoms with Crippen LogP contribution in [0.25, 0.3) is 0 Å². The van der Waals surface area contributed by atoms with Crippen LogP contribution < -0.4 is 5.32 Å². The number of hydrogen-bond donors (Lipinski definition) is 1. The molecule has 1 atom stereocenters. The Morgan fingerprint density at radius 1 is 1.24 bits per heavy atom. The molecule has 0 saturated heterocycles. The highest BCUT2D eigenvalue weighted by atomic mass is 32.2. The number of unbranched alkanes of at least 4 members (excludes halogenated alkanes) is 1. The Morgan fingerprint density at radius 2 is 2.14 bits per heavy atom. The summed E-state index contributed by atoms with van der Waals surface area (Å²) in [6, 6.07) is 0.652. The smallest absolute Gasteiger partial charge is 0.191 e. The predicted octanol–water partition coefficient (Wildman–Crippen LogP) is 3.66. The van der Waals surface area contributed by atoms with Crippen LogP contribution in [0.15, 0.2) is 5.16 Å². The molecule has 0 amide bonds. The molecule has 1 aromatic rings. The van der Waals surface area contributed by atoms with Crippen LogP contribution in [-0.4, -0.2) is 33.1 Å². The third-order valence-corrected chi connectivity index (χ3v) is 5.13. The molecule has 0 saturated carbocycles. The third-order valence-electron chi connectivity index (χ3n) is 4.08. The second-order valence-electron chi connectivity index (χ2n) is 6.06. The summed E-state index contributed by atoms with van der Waals surface area (Å²) in [6.45, 7) is 6.77. The Morgan fingerprint density at radius 3 is 3.00 bits per heavy atom. The van der Waals surface area contributed by atoms with Crippen molar-refractivity contribution in [1.29, 1.82) is 0 Å². The zero-order valence-corrected chi connectivity index (χ0v) is 14.4. The van der Waals surface area contributed by atoms with E-state index in [1.165, 1.54) is 56.5 Å².